The Morgan fingerprint density at radius 3 is 2.27 bits per heavy atom. The number of furan rings is 1. The molecule has 0 saturated heterocycles. The third kappa shape index (κ3) is 2.25. The van der Waals surface area contributed by atoms with Crippen LogP contribution in [-0.4, -0.2) is 0 Å². The van der Waals surface area contributed by atoms with Gasteiger partial charge in [-0.2, -0.15) is 0 Å². The average molecular weight is 209 g/mol. The number of aryl methyl sites for hydroxylation is 1. The maximum Gasteiger partial charge on any atom is 0.111 e. The van der Waals surface area contributed by atoms with Crippen LogP contribution in [0, 0.1) is 6.92 Å². The molecule has 0 aliphatic carbocycles. The third-order valence-electron chi connectivity index (χ3n) is 3.11. The predicted octanol–water partition coefficient (Wildman–Crippen LogP) is 3.68. The van der Waals surface area contributed by atoms with E-state index in [1.54, 1.807) is 0 Å². The van der Waals surface area contributed by atoms with Gasteiger partial charge in [0.05, 0.1) is 0 Å². The Labute approximate surface area is 92.9 Å². The average Bonchev–Trinajstić information content (AvgIpc) is 2.53. The van der Waals surface area contributed by atoms with Crippen molar-refractivity contribution in [1.82, 2.24) is 0 Å². The molecule has 0 amide bonds. The van der Waals surface area contributed by atoms with Crippen molar-refractivity contribution in [3.63, 3.8) is 0 Å². The highest BCUT2D eigenvalue weighted by atomic mass is 16.3. The fourth-order valence-electron chi connectivity index (χ4n) is 2.18. The zero-order valence-electron chi connectivity index (χ0n) is 10.6. The first-order chi connectivity index (χ1) is 7.02. The van der Waals surface area contributed by atoms with Gasteiger partial charge in [0.1, 0.15) is 11.5 Å². The van der Waals surface area contributed by atoms with Crippen molar-refractivity contribution < 1.29 is 4.42 Å². The van der Waals surface area contributed by atoms with Gasteiger partial charge in [0.2, 0.25) is 0 Å². The Morgan fingerprint density at radius 2 is 1.87 bits per heavy atom. The van der Waals surface area contributed by atoms with Crippen LogP contribution in [0.2, 0.25) is 0 Å². The van der Waals surface area contributed by atoms with Gasteiger partial charge < -0.3 is 10.2 Å². The number of hydrogen-bond acceptors (Lipinski definition) is 2. The Kier molecular flexibility index (Phi) is 3.97. The van der Waals surface area contributed by atoms with Crippen molar-refractivity contribution in [2.75, 3.05) is 0 Å². The van der Waals surface area contributed by atoms with E-state index in [1.807, 2.05) is 6.92 Å². The van der Waals surface area contributed by atoms with Crippen LogP contribution >= 0.6 is 0 Å². The summed E-state index contributed by atoms with van der Waals surface area (Å²) in [7, 11) is 0. The minimum atomic E-state index is 0.467. The highest BCUT2D eigenvalue weighted by Gasteiger charge is 2.21. The minimum absolute atomic E-state index is 0.467. The van der Waals surface area contributed by atoms with E-state index in [1.165, 1.54) is 11.1 Å². The van der Waals surface area contributed by atoms with Gasteiger partial charge in [0, 0.05) is 23.6 Å². The highest BCUT2D eigenvalue weighted by Crippen LogP contribution is 2.33. The Hall–Kier alpha value is -0.760. The molecule has 0 radical (unpaired) electrons. The van der Waals surface area contributed by atoms with Crippen LogP contribution < -0.4 is 5.73 Å². The molecule has 1 unspecified atom stereocenters. The molecule has 1 aromatic heterocycles. The molecule has 0 aliphatic rings. The molecule has 0 aromatic carbocycles. The van der Waals surface area contributed by atoms with E-state index in [2.05, 4.69) is 27.7 Å². The standard InChI is InChI=1S/C13H23NO/c1-6-9(4)13-11(7-14)12(8(2)3)10(5)15-13/h8-9H,6-7,14H2,1-5H3. The number of nitrogens with two attached hydrogens (primary N) is 1. The summed E-state index contributed by atoms with van der Waals surface area (Å²) >= 11 is 0. The normalized spacial score (nSPS) is 13.5. The molecular weight excluding hydrogens is 186 g/mol. The summed E-state index contributed by atoms with van der Waals surface area (Å²) in [5.41, 5.74) is 8.38. The molecule has 2 heteroatoms. The van der Waals surface area contributed by atoms with Crippen LogP contribution in [0.25, 0.3) is 0 Å². The van der Waals surface area contributed by atoms with Crippen LogP contribution in [-0.2, 0) is 6.54 Å². The summed E-state index contributed by atoms with van der Waals surface area (Å²) < 4.78 is 5.87. The topological polar surface area (TPSA) is 39.2 Å². The second-order valence-corrected chi connectivity index (χ2v) is 4.58. The molecule has 0 aliphatic heterocycles. The third-order valence-corrected chi connectivity index (χ3v) is 3.11. The van der Waals surface area contributed by atoms with Crippen molar-refractivity contribution in [3.05, 3.63) is 22.6 Å². The van der Waals surface area contributed by atoms with E-state index < -0.39 is 0 Å². The van der Waals surface area contributed by atoms with E-state index in [0.717, 1.165) is 17.9 Å². The lowest BCUT2D eigenvalue weighted by atomic mass is 9.94. The summed E-state index contributed by atoms with van der Waals surface area (Å²) in [4.78, 5) is 0. The summed E-state index contributed by atoms with van der Waals surface area (Å²) in [6.07, 6.45) is 1.09. The van der Waals surface area contributed by atoms with Gasteiger partial charge in [0.25, 0.3) is 0 Å². The number of rotatable bonds is 4. The van der Waals surface area contributed by atoms with E-state index in [0.29, 0.717) is 18.4 Å². The quantitative estimate of drug-likeness (QED) is 0.821. The van der Waals surface area contributed by atoms with E-state index >= 15 is 0 Å². The first-order valence-corrected chi connectivity index (χ1v) is 5.84. The summed E-state index contributed by atoms with van der Waals surface area (Å²) in [5, 5.41) is 0. The smallest absolute Gasteiger partial charge is 0.111 e. The van der Waals surface area contributed by atoms with E-state index in [9.17, 15) is 0 Å². The van der Waals surface area contributed by atoms with Gasteiger partial charge in [-0.15, -0.1) is 0 Å². The molecule has 0 bridgehead atoms. The lowest BCUT2D eigenvalue weighted by Crippen LogP contribution is -2.05. The van der Waals surface area contributed by atoms with Crippen LogP contribution in [0.1, 0.15) is 68.6 Å². The largest absolute Gasteiger partial charge is 0.465 e. The van der Waals surface area contributed by atoms with Gasteiger partial charge in [-0.1, -0.05) is 27.7 Å². The lowest BCUT2D eigenvalue weighted by Gasteiger charge is -2.09. The van der Waals surface area contributed by atoms with Crippen molar-refractivity contribution in [1.29, 1.82) is 0 Å². The molecule has 1 heterocycles. The van der Waals surface area contributed by atoms with Gasteiger partial charge in [0.15, 0.2) is 0 Å². The molecule has 86 valence electrons. The van der Waals surface area contributed by atoms with Crippen molar-refractivity contribution in [2.45, 2.75) is 59.4 Å². The zero-order valence-corrected chi connectivity index (χ0v) is 10.6. The SMILES string of the molecule is CCC(C)c1oc(C)c(C(C)C)c1CN. The van der Waals surface area contributed by atoms with Crippen LogP contribution in [0.4, 0.5) is 0 Å². The molecule has 1 aromatic rings. The molecular formula is C13H23NO. The Morgan fingerprint density at radius 1 is 1.27 bits per heavy atom. The van der Waals surface area contributed by atoms with Crippen molar-refractivity contribution in [3.8, 4) is 0 Å². The fraction of sp³-hybridized carbons (Fsp3) is 0.692. The van der Waals surface area contributed by atoms with Crippen molar-refractivity contribution >= 4 is 0 Å². The molecule has 0 saturated carbocycles. The zero-order chi connectivity index (χ0) is 11.6. The summed E-state index contributed by atoms with van der Waals surface area (Å²) in [5.74, 6) is 3.10. The van der Waals surface area contributed by atoms with Gasteiger partial charge >= 0.3 is 0 Å². The maximum absolute atomic E-state index is 5.87. The summed E-state index contributed by atoms with van der Waals surface area (Å²) in [6, 6.07) is 0. The number of hydrogen-bond donors (Lipinski definition) is 1. The van der Waals surface area contributed by atoms with Crippen LogP contribution in [0.3, 0.4) is 0 Å². The second-order valence-electron chi connectivity index (χ2n) is 4.58. The molecule has 0 fully saturated rings. The van der Waals surface area contributed by atoms with E-state index in [4.69, 9.17) is 10.2 Å². The van der Waals surface area contributed by atoms with Gasteiger partial charge in [-0.05, 0) is 19.3 Å². The van der Waals surface area contributed by atoms with Gasteiger partial charge in [-0.3, -0.25) is 0 Å². The lowest BCUT2D eigenvalue weighted by molar-refractivity contribution is 0.442. The second kappa shape index (κ2) is 4.84. The first-order valence-electron chi connectivity index (χ1n) is 5.84. The maximum atomic E-state index is 5.87. The highest BCUT2D eigenvalue weighted by molar-refractivity contribution is 5.37. The molecule has 1 atom stereocenters. The molecule has 15 heavy (non-hydrogen) atoms. The molecule has 2 N–H and O–H groups in total. The Balaban J connectivity index is 3.24. The van der Waals surface area contributed by atoms with Crippen LogP contribution in [0.5, 0.6) is 0 Å². The van der Waals surface area contributed by atoms with E-state index in [-0.39, 0.29) is 0 Å². The summed E-state index contributed by atoms with van der Waals surface area (Å²) in [6.45, 7) is 11.4. The monoisotopic (exact) mass is 209 g/mol. The fourth-order valence-corrected chi connectivity index (χ4v) is 2.18. The first kappa shape index (κ1) is 12.3. The molecule has 2 nitrogen and oxygen atoms in total. The minimum Gasteiger partial charge on any atom is -0.465 e. The van der Waals surface area contributed by atoms with Crippen LogP contribution in [0.15, 0.2) is 4.42 Å². The van der Waals surface area contributed by atoms with Crippen molar-refractivity contribution in [2.24, 2.45) is 5.73 Å². The molecule has 1 rings (SSSR count). The molecule has 0 spiro atoms. The Bertz CT molecular complexity index is 326. The van der Waals surface area contributed by atoms with Gasteiger partial charge in [-0.25, -0.2) is 0 Å². The predicted molar refractivity (Wildman–Crippen MR) is 64.1 cm³/mol.